The summed E-state index contributed by atoms with van der Waals surface area (Å²) in [4.78, 5) is 27.5. The van der Waals surface area contributed by atoms with Crippen LogP contribution < -0.4 is 10.6 Å². The van der Waals surface area contributed by atoms with Gasteiger partial charge in [-0.25, -0.2) is 0 Å². The Kier molecular flexibility index (Phi) is 5.49. The molecule has 1 amide bonds. The Labute approximate surface area is 171 Å². The Morgan fingerprint density at radius 2 is 1.79 bits per heavy atom. The van der Waals surface area contributed by atoms with Crippen LogP contribution in [0.15, 0.2) is 48.5 Å². The van der Waals surface area contributed by atoms with E-state index in [9.17, 15) is 9.59 Å². The van der Waals surface area contributed by atoms with E-state index in [1.54, 1.807) is 13.0 Å². The number of piperidine rings is 1. The first-order valence-electron chi connectivity index (χ1n) is 10.3. The summed E-state index contributed by atoms with van der Waals surface area (Å²) >= 11 is 0. The summed E-state index contributed by atoms with van der Waals surface area (Å²) in [7, 11) is 0. The zero-order chi connectivity index (χ0) is 20.4. The van der Waals surface area contributed by atoms with E-state index in [0.29, 0.717) is 17.2 Å². The number of ketones is 1. The lowest BCUT2D eigenvalue weighted by atomic mass is 9.94. The lowest BCUT2D eigenvalue weighted by Crippen LogP contribution is -2.42. The average molecular weight is 389 g/mol. The van der Waals surface area contributed by atoms with Crippen molar-refractivity contribution < 1.29 is 9.59 Å². The van der Waals surface area contributed by atoms with Crippen molar-refractivity contribution in [1.29, 1.82) is 0 Å². The Bertz CT molecular complexity index is 959. The quantitative estimate of drug-likeness (QED) is 0.603. The number of carbonyl (C=O) groups is 2. The average Bonchev–Trinajstić information content (AvgIpc) is 3.07. The molecule has 1 saturated heterocycles. The monoisotopic (exact) mass is 389 g/mol. The molecule has 2 heterocycles. The van der Waals surface area contributed by atoms with Crippen LogP contribution in [-0.4, -0.2) is 42.3 Å². The normalized spacial score (nSPS) is 18.2. The molecule has 0 aromatic heterocycles. The van der Waals surface area contributed by atoms with E-state index in [1.807, 2.05) is 30.3 Å². The maximum atomic E-state index is 13.1. The van der Waals surface area contributed by atoms with Gasteiger partial charge in [0.2, 0.25) is 0 Å². The summed E-state index contributed by atoms with van der Waals surface area (Å²) in [5, 5.41) is 6.43. The minimum absolute atomic E-state index is 0.00142. The third-order valence-corrected chi connectivity index (χ3v) is 5.83. The molecular formula is C24H27N3O2. The van der Waals surface area contributed by atoms with Crippen LogP contribution in [0.5, 0.6) is 0 Å². The number of anilines is 1. The van der Waals surface area contributed by atoms with Crippen LogP contribution in [0, 0.1) is 0 Å². The molecule has 5 nitrogen and oxygen atoms in total. The first-order valence-corrected chi connectivity index (χ1v) is 10.3. The molecule has 2 aliphatic heterocycles. The highest BCUT2D eigenvalue weighted by atomic mass is 16.2. The largest absolute Gasteiger partial charge is 0.368 e. The highest BCUT2D eigenvalue weighted by Gasteiger charge is 2.33. The number of carbonyl (C=O) groups excluding carboxylic acids is 2. The Morgan fingerprint density at radius 3 is 2.45 bits per heavy atom. The topological polar surface area (TPSA) is 61.4 Å². The van der Waals surface area contributed by atoms with Crippen LogP contribution in [0.2, 0.25) is 0 Å². The predicted octanol–water partition coefficient (Wildman–Crippen LogP) is 3.78. The maximum Gasteiger partial charge on any atom is 0.258 e. The van der Waals surface area contributed by atoms with Gasteiger partial charge < -0.3 is 15.5 Å². The van der Waals surface area contributed by atoms with Crippen LogP contribution in [0.3, 0.4) is 0 Å². The van der Waals surface area contributed by atoms with Crippen molar-refractivity contribution >= 4 is 28.6 Å². The minimum atomic E-state index is -0.105. The van der Waals surface area contributed by atoms with Crippen molar-refractivity contribution in [3.8, 4) is 0 Å². The number of amides is 1. The SMILES string of the molecule is CCN(C(=C1C(=O)Nc2ccc(C(C)=O)cc21)c1ccccc1)C1CCNCC1. The molecule has 4 rings (SSSR count). The lowest BCUT2D eigenvalue weighted by molar-refractivity contribution is -0.110. The van der Waals surface area contributed by atoms with Crippen molar-refractivity contribution in [2.24, 2.45) is 0 Å². The van der Waals surface area contributed by atoms with Gasteiger partial charge in [-0.2, -0.15) is 0 Å². The van der Waals surface area contributed by atoms with Gasteiger partial charge in [0.25, 0.3) is 5.91 Å². The fraction of sp³-hybridized carbons (Fsp3) is 0.333. The number of nitrogens with one attached hydrogen (secondary N) is 2. The van der Waals surface area contributed by atoms with Gasteiger partial charge in [-0.05, 0) is 63.5 Å². The van der Waals surface area contributed by atoms with Gasteiger partial charge in [0, 0.05) is 29.4 Å². The van der Waals surface area contributed by atoms with Crippen LogP contribution in [0.25, 0.3) is 11.3 Å². The van der Waals surface area contributed by atoms with Crippen LogP contribution in [-0.2, 0) is 4.79 Å². The summed E-state index contributed by atoms with van der Waals surface area (Å²) < 4.78 is 0. The molecule has 0 aliphatic carbocycles. The molecule has 5 heteroatoms. The van der Waals surface area contributed by atoms with Crippen LogP contribution in [0.1, 0.15) is 48.2 Å². The van der Waals surface area contributed by atoms with Crippen molar-refractivity contribution in [3.63, 3.8) is 0 Å². The van der Waals surface area contributed by atoms with E-state index in [4.69, 9.17) is 0 Å². The molecule has 2 aliphatic rings. The molecule has 0 unspecified atom stereocenters. The van der Waals surface area contributed by atoms with E-state index in [-0.39, 0.29) is 11.7 Å². The third-order valence-electron chi connectivity index (χ3n) is 5.83. The van der Waals surface area contributed by atoms with Gasteiger partial charge in [0.15, 0.2) is 5.78 Å². The molecule has 2 aromatic carbocycles. The molecule has 29 heavy (non-hydrogen) atoms. The maximum absolute atomic E-state index is 13.1. The van der Waals surface area contributed by atoms with Gasteiger partial charge >= 0.3 is 0 Å². The molecule has 0 bridgehead atoms. The second-order valence-corrected chi connectivity index (χ2v) is 7.63. The molecule has 2 aromatic rings. The number of fused-ring (bicyclic) bond motifs is 1. The van der Waals surface area contributed by atoms with E-state index >= 15 is 0 Å². The Hall–Kier alpha value is -2.92. The number of Topliss-reactive ketones (excluding diaryl/α,β-unsaturated/α-hetero) is 1. The summed E-state index contributed by atoms with van der Waals surface area (Å²) in [6.07, 6.45) is 2.08. The van der Waals surface area contributed by atoms with Crippen molar-refractivity contribution in [1.82, 2.24) is 10.2 Å². The number of nitrogens with zero attached hydrogens (tertiary/aromatic N) is 1. The predicted molar refractivity (Wildman–Crippen MR) is 117 cm³/mol. The summed E-state index contributed by atoms with van der Waals surface area (Å²) in [6.45, 7) is 6.48. The third kappa shape index (κ3) is 3.70. The van der Waals surface area contributed by atoms with E-state index < -0.39 is 0 Å². The van der Waals surface area contributed by atoms with E-state index in [1.165, 1.54) is 0 Å². The molecule has 0 radical (unpaired) electrons. The molecule has 2 N–H and O–H groups in total. The fourth-order valence-electron chi connectivity index (χ4n) is 4.39. The van der Waals surface area contributed by atoms with Crippen LogP contribution >= 0.6 is 0 Å². The van der Waals surface area contributed by atoms with E-state index in [0.717, 1.165) is 55.0 Å². The van der Waals surface area contributed by atoms with Gasteiger partial charge in [-0.15, -0.1) is 0 Å². The smallest absolute Gasteiger partial charge is 0.258 e. The minimum Gasteiger partial charge on any atom is -0.368 e. The second-order valence-electron chi connectivity index (χ2n) is 7.63. The summed E-state index contributed by atoms with van der Waals surface area (Å²) in [5.74, 6) is -0.106. The Balaban J connectivity index is 1.93. The molecule has 150 valence electrons. The fourth-order valence-corrected chi connectivity index (χ4v) is 4.39. The molecule has 0 atom stereocenters. The highest BCUT2D eigenvalue weighted by Crippen LogP contribution is 2.40. The number of rotatable bonds is 5. The van der Waals surface area contributed by atoms with Gasteiger partial charge in [-0.1, -0.05) is 30.3 Å². The van der Waals surface area contributed by atoms with Crippen molar-refractivity contribution in [3.05, 3.63) is 65.2 Å². The Morgan fingerprint density at radius 1 is 1.07 bits per heavy atom. The van der Waals surface area contributed by atoms with Gasteiger partial charge in [0.05, 0.1) is 11.3 Å². The van der Waals surface area contributed by atoms with Crippen LogP contribution in [0.4, 0.5) is 5.69 Å². The molecule has 1 fully saturated rings. The second kappa shape index (κ2) is 8.21. The van der Waals surface area contributed by atoms with E-state index in [2.05, 4.69) is 34.6 Å². The van der Waals surface area contributed by atoms with Crippen molar-refractivity contribution in [2.45, 2.75) is 32.7 Å². The summed E-state index contributed by atoms with van der Waals surface area (Å²) in [6, 6.07) is 16.0. The molecule has 0 spiro atoms. The number of benzene rings is 2. The zero-order valence-electron chi connectivity index (χ0n) is 17.0. The number of hydrogen-bond donors (Lipinski definition) is 2. The standard InChI is InChI=1S/C24H27N3O2/c1-3-27(19-11-13-25-14-12-19)23(17-7-5-4-6-8-17)22-20-15-18(16(2)28)9-10-21(20)26-24(22)29/h4-10,15,19,25H,3,11-14H2,1-2H3,(H,26,29). The van der Waals surface area contributed by atoms with Gasteiger partial charge in [0.1, 0.15) is 0 Å². The lowest BCUT2D eigenvalue weighted by Gasteiger charge is -2.38. The van der Waals surface area contributed by atoms with Gasteiger partial charge in [-0.3, -0.25) is 9.59 Å². The van der Waals surface area contributed by atoms with Crippen molar-refractivity contribution in [2.75, 3.05) is 25.0 Å². The molecular weight excluding hydrogens is 362 g/mol. The summed E-state index contributed by atoms with van der Waals surface area (Å²) in [5.41, 5.74) is 4.85. The highest BCUT2D eigenvalue weighted by molar-refractivity contribution is 6.36. The molecule has 0 saturated carbocycles. The number of hydrogen-bond acceptors (Lipinski definition) is 4. The first kappa shape index (κ1) is 19.4. The zero-order valence-corrected chi connectivity index (χ0v) is 17.0. The first-order chi connectivity index (χ1) is 14.1.